The first-order valence-electron chi connectivity index (χ1n) is 7.72. The molecule has 112 valence electrons. The summed E-state index contributed by atoms with van der Waals surface area (Å²) in [5.74, 6) is 5.93. The Hall–Kier alpha value is -0.900. The fourth-order valence-electron chi connectivity index (χ4n) is 3.60. The lowest BCUT2D eigenvalue weighted by Gasteiger charge is -2.38. The van der Waals surface area contributed by atoms with E-state index >= 15 is 0 Å². The maximum absolute atomic E-state index is 6.18. The highest BCUT2D eigenvalue weighted by molar-refractivity contribution is 5.39. The molecule has 0 saturated heterocycles. The summed E-state index contributed by atoms with van der Waals surface area (Å²) < 4.78 is 6.18. The molecule has 0 spiro atoms. The smallest absolute Gasteiger partial charge is 0.0889 e. The highest BCUT2D eigenvalue weighted by Gasteiger charge is 2.43. The van der Waals surface area contributed by atoms with E-state index in [0.717, 1.165) is 19.4 Å². The van der Waals surface area contributed by atoms with Crippen LogP contribution in [0.25, 0.3) is 0 Å². The monoisotopic (exact) mass is 276 g/mol. The average molecular weight is 276 g/mol. The predicted octanol–water partition coefficient (Wildman–Crippen LogP) is 3.47. The molecule has 3 N–H and O–H groups in total. The van der Waals surface area contributed by atoms with Gasteiger partial charge >= 0.3 is 0 Å². The van der Waals surface area contributed by atoms with Crippen molar-refractivity contribution in [1.82, 2.24) is 5.43 Å². The molecule has 3 nitrogen and oxygen atoms in total. The van der Waals surface area contributed by atoms with Crippen LogP contribution >= 0.6 is 0 Å². The number of rotatable bonds is 5. The van der Waals surface area contributed by atoms with Crippen molar-refractivity contribution >= 4 is 0 Å². The van der Waals surface area contributed by atoms with Gasteiger partial charge in [-0.15, -0.1) is 0 Å². The summed E-state index contributed by atoms with van der Waals surface area (Å²) in [7, 11) is 0. The van der Waals surface area contributed by atoms with Gasteiger partial charge < -0.3 is 4.74 Å². The number of aryl methyl sites for hydroxylation is 3. The second-order valence-electron chi connectivity index (χ2n) is 6.10. The normalized spacial score (nSPS) is 19.2. The molecular formula is C17H28N2O. The summed E-state index contributed by atoms with van der Waals surface area (Å²) in [5.41, 5.74) is 8.13. The van der Waals surface area contributed by atoms with Gasteiger partial charge in [-0.3, -0.25) is 11.3 Å². The van der Waals surface area contributed by atoms with Gasteiger partial charge in [-0.25, -0.2) is 0 Å². The van der Waals surface area contributed by atoms with E-state index in [1.54, 1.807) is 0 Å². The molecule has 1 aliphatic carbocycles. The third-order valence-corrected chi connectivity index (χ3v) is 4.77. The number of ether oxygens (including phenoxy) is 1. The van der Waals surface area contributed by atoms with Crippen molar-refractivity contribution in [2.45, 2.75) is 65.0 Å². The van der Waals surface area contributed by atoms with Crippen molar-refractivity contribution in [3.8, 4) is 0 Å². The number of hydrogen-bond acceptors (Lipinski definition) is 3. The fraction of sp³-hybridized carbons (Fsp3) is 0.647. The topological polar surface area (TPSA) is 47.3 Å². The van der Waals surface area contributed by atoms with Crippen molar-refractivity contribution < 1.29 is 4.74 Å². The summed E-state index contributed by atoms with van der Waals surface area (Å²) in [5, 5.41) is 0. The van der Waals surface area contributed by atoms with E-state index in [1.807, 2.05) is 0 Å². The highest BCUT2D eigenvalue weighted by Crippen LogP contribution is 2.43. The number of hydrogen-bond donors (Lipinski definition) is 2. The van der Waals surface area contributed by atoms with Crippen LogP contribution in [0.3, 0.4) is 0 Å². The molecule has 1 atom stereocenters. The number of hydrazine groups is 1. The van der Waals surface area contributed by atoms with Gasteiger partial charge in [0.05, 0.1) is 11.6 Å². The van der Waals surface area contributed by atoms with Crippen molar-refractivity contribution in [3.63, 3.8) is 0 Å². The molecule has 0 aromatic heterocycles. The van der Waals surface area contributed by atoms with Crippen molar-refractivity contribution in [2.24, 2.45) is 5.84 Å². The van der Waals surface area contributed by atoms with Crippen LogP contribution in [0.4, 0.5) is 0 Å². The first-order valence-corrected chi connectivity index (χ1v) is 7.72. The summed E-state index contributed by atoms with van der Waals surface area (Å²) >= 11 is 0. The predicted molar refractivity (Wildman–Crippen MR) is 83.5 cm³/mol. The summed E-state index contributed by atoms with van der Waals surface area (Å²) in [6.07, 6.45) is 4.62. The van der Waals surface area contributed by atoms with Crippen LogP contribution in [0.15, 0.2) is 12.1 Å². The van der Waals surface area contributed by atoms with Gasteiger partial charge in [0.15, 0.2) is 0 Å². The Kier molecular flexibility index (Phi) is 4.84. The minimum atomic E-state index is -0.143. The Balaban J connectivity index is 2.43. The maximum atomic E-state index is 6.18. The molecule has 1 aromatic carbocycles. The maximum Gasteiger partial charge on any atom is 0.0889 e. The lowest BCUT2D eigenvalue weighted by molar-refractivity contribution is -0.0628. The molecule has 20 heavy (non-hydrogen) atoms. The van der Waals surface area contributed by atoms with Gasteiger partial charge in [-0.1, -0.05) is 25.0 Å². The second kappa shape index (κ2) is 6.25. The molecule has 1 fully saturated rings. The van der Waals surface area contributed by atoms with Crippen LogP contribution in [-0.2, 0) is 4.74 Å². The average Bonchev–Trinajstić information content (AvgIpc) is 2.86. The van der Waals surface area contributed by atoms with E-state index in [4.69, 9.17) is 10.6 Å². The van der Waals surface area contributed by atoms with Crippen LogP contribution in [0, 0.1) is 20.8 Å². The molecule has 2 rings (SSSR count). The molecule has 0 radical (unpaired) electrons. The molecule has 1 saturated carbocycles. The molecule has 1 aromatic rings. The second-order valence-corrected chi connectivity index (χ2v) is 6.10. The van der Waals surface area contributed by atoms with Crippen LogP contribution < -0.4 is 11.3 Å². The molecule has 0 aliphatic heterocycles. The zero-order valence-corrected chi connectivity index (χ0v) is 13.3. The third kappa shape index (κ3) is 2.76. The number of nitrogens with two attached hydrogens (primary N) is 1. The van der Waals surface area contributed by atoms with E-state index in [2.05, 4.69) is 45.3 Å². The summed E-state index contributed by atoms with van der Waals surface area (Å²) in [6, 6.07) is 4.60. The standard InChI is InChI=1S/C17H28N2O/c1-5-20-17(8-6-7-9-17)16(19-18)15-11-13(3)12(2)10-14(15)4/h10-11,16,19H,5-9,18H2,1-4H3. The van der Waals surface area contributed by atoms with Crippen LogP contribution in [0.5, 0.6) is 0 Å². The zero-order chi connectivity index (χ0) is 14.8. The number of benzene rings is 1. The zero-order valence-electron chi connectivity index (χ0n) is 13.3. The summed E-state index contributed by atoms with van der Waals surface area (Å²) in [6.45, 7) is 9.29. The SMILES string of the molecule is CCOC1(C(NN)c2cc(C)c(C)cc2C)CCCC1. The molecule has 1 unspecified atom stereocenters. The van der Waals surface area contributed by atoms with Crippen LogP contribution in [0.2, 0.25) is 0 Å². The van der Waals surface area contributed by atoms with Crippen LogP contribution in [-0.4, -0.2) is 12.2 Å². The minimum absolute atomic E-state index is 0.0734. The first-order chi connectivity index (χ1) is 9.54. The minimum Gasteiger partial charge on any atom is -0.373 e. The quantitative estimate of drug-likeness (QED) is 0.639. The highest BCUT2D eigenvalue weighted by atomic mass is 16.5. The summed E-state index contributed by atoms with van der Waals surface area (Å²) in [4.78, 5) is 0. The van der Waals surface area contributed by atoms with Gasteiger partial charge in [0.2, 0.25) is 0 Å². The molecule has 3 heteroatoms. The van der Waals surface area contributed by atoms with Gasteiger partial charge in [0, 0.05) is 6.61 Å². The fourth-order valence-corrected chi connectivity index (χ4v) is 3.60. The van der Waals surface area contributed by atoms with E-state index in [9.17, 15) is 0 Å². The van der Waals surface area contributed by atoms with E-state index in [1.165, 1.54) is 35.1 Å². The molecule has 0 heterocycles. The molecular weight excluding hydrogens is 248 g/mol. The van der Waals surface area contributed by atoms with E-state index < -0.39 is 0 Å². The van der Waals surface area contributed by atoms with E-state index in [0.29, 0.717) is 0 Å². The number of nitrogens with one attached hydrogen (secondary N) is 1. The van der Waals surface area contributed by atoms with Crippen molar-refractivity contribution in [1.29, 1.82) is 0 Å². The molecule has 1 aliphatic rings. The Morgan fingerprint density at radius 1 is 1.15 bits per heavy atom. The third-order valence-electron chi connectivity index (χ3n) is 4.77. The largest absolute Gasteiger partial charge is 0.373 e. The Labute approximate surface area is 122 Å². The first kappa shape index (κ1) is 15.5. The van der Waals surface area contributed by atoms with Gasteiger partial charge in [0.1, 0.15) is 0 Å². The lowest BCUT2D eigenvalue weighted by atomic mass is 9.84. The van der Waals surface area contributed by atoms with Gasteiger partial charge in [0.25, 0.3) is 0 Å². The molecule has 0 amide bonds. The Morgan fingerprint density at radius 2 is 1.75 bits per heavy atom. The van der Waals surface area contributed by atoms with E-state index in [-0.39, 0.29) is 11.6 Å². The van der Waals surface area contributed by atoms with Crippen molar-refractivity contribution in [3.05, 3.63) is 34.4 Å². The Morgan fingerprint density at radius 3 is 2.30 bits per heavy atom. The van der Waals surface area contributed by atoms with Gasteiger partial charge in [-0.05, 0) is 62.8 Å². The van der Waals surface area contributed by atoms with Crippen LogP contribution in [0.1, 0.15) is 60.9 Å². The van der Waals surface area contributed by atoms with Gasteiger partial charge in [-0.2, -0.15) is 0 Å². The van der Waals surface area contributed by atoms with Crippen molar-refractivity contribution in [2.75, 3.05) is 6.61 Å². The Bertz CT molecular complexity index is 464. The molecule has 0 bridgehead atoms. The lowest BCUT2D eigenvalue weighted by Crippen LogP contribution is -2.47.